The molecule has 9 nitrogen and oxygen atoms in total. The van der Waals surface area contributed by atoms with Gasteiger partial charge in [-0.1, -0.05) is 17.8 Å². The van der Waals surface area contributed by atoms with Gasteiger partial charge < -0.3 is 10.4 Å². The van der Waals surface area contributed by atoms with Crippen LogP contribution in [0, 0.1) is 10.1 Å². The molecule has 0 bridgehead atoms. The topological polar surface area (TPSA) is 134 Å². The average molecular weight is 308 g/mol. The molecule has 0 radical (unpaired) electrons. The van der Waals surface area contributed by atoms with Crippen molar-refractivity contribution in [1.29, 1.82) is 0 Å². The van der Waals surface area contributed by atoms with E-state index in [9.17, 15) is 19.7 Å². The molecule has 1 aliphatic heterocycles. The third-order valence-corrected chi connectivity index (χ3v) is 3.28. The first-order valence-electron chi connectivity index (χ1n) is 5.53. The predicted molar refractivity (Wildman–Crippen MR) is 75.7 cm³/mol. The van der Waals surface area contributed by atoms with E-state index in [4.69, 9.17) is 5.11 Å². The third-order valence-electron chi connectivity index (χ3n) is 2.41. The molecule has 0 unspecified atom stereocenters. The number of carboxylic acids is 1. The molecule has 2 N–H and O–H groups in total. The van der Waals surface area contributed by atoms with E-state index in [0.29, 0.717) is 0 Å². The summed E-state index contributed by atoms with van der Waals surface area (Å²) in [6.45, 7) is 0. The predicted octanol–water partition coefficient (Wildman–Crippen LogP) is 0.846. The Hall–Kier alpha value is -2.75. The van der Waals surface area contributed by atoms with Gasteiger partial charge in [-0.2, -0.15) is 5.10 Å². The Morgan fingerprint density at radius 1 is 1.52 bits per heavy atom. The van der Waals surface area contributed by atoms with Crippen LogP contribution in [0.15, 0.2) is 28.4 Å². The minimum atomic E-state index is -1.40. The molecule has 10 heteroatoms. The van der Waals surface area contributed by atoms with Crippen LogP contribution in [0.3, 0.4) is 0 Å². The summed E-state index contributed by atoms with van der Waals surface area (Å²) in [6.07, 6.45) is 1.07. The first-order valence-corrected chi connectivity index (χ1v) is 6.52. The smallest absolute Gasteiger partial charge is 0.342 e. The third kappa shape index (κ3) is 3.42. The zero-order valence-electron chi connectivity index (χ0n) is 10.3. The highest BCUT2D eigenvalue weighted by Gasteiger charge is 2.23. The van der Waals surface area contributed by atoms with E-state index < -0.39 is 22.1 Å². The van der Waals surface area contributed by atoms with Gasteiger partial charge in [-0.3, -0.25) is 14.9 Å². The Labute approximate surface area is 121 Å². The number of hydrogen-bond donors (Lipinski definition) is 2. The molecule has 0 aromatic heterocycles. The Balaban J connectivity index is 2.32. The number of hydrogen-bond acceptors (Lipinski definition) is 7. The number of carbonyl (C=O) groups excluding carboxylic acids is 1. The lowest BCUT2D eigenvalue weighted by Crippen LogP contribution is -2.19. The van der Waals surface area contributed by atoms with Gasteiger partial charge in [0.1, 0.15) is 5.56 Å². The van der Waals surface area contributed by atoms with E-state index in [1.807, 2.05) is 0 Å². The number of rotatable bonds is 4. The van der Waals surface area contributed by atoms with Crippen molar-refractivity contribution in [2.75, 3.05) is 5.75 Å². The van der Waals surface area contributed by atoms with Gasteiger partial charge in [0.15, 0.2) is 5.17 Å². The summed E-state index contributed by atoms with van der Waals surface area (Å²) in [4.78, 5) is 32.1. The number of amidine groups is 1. The van der Waals surface area contributed by atoms with Gasteiger partial charge in [-0.15, -0.1) is 5.10 Å². The van der Waals surface area contributed by atoms with E-state index in [-0.39, 0.29) is 22.4 Å². The van der Waals surface area contributed by atoms with Crippen LogP contribution in [0.4, 0.5) is 5.69 Å². The van der Waals surface area contributed by atoms with Crippen molar-refractivity contribution in [3.8, 4) is 0 Å². The fourth-order valence-corrected chi connectivity index (χ4v) is 2.20. The molecule has 21 heavy (non-hydrogen) atoms. The van der Waals surface area contributed by atoms with Crippen molar-refractivity contribution in [3.63, 3.8) is 0 Å². The van der Waals surface area contributed by atoms with Crippen LogP contribution in [0.2, 0.25) is 0 Å². The number of para-hydroxylation sites is 1. The lowest BCUT2D eigenvalue weighted by molar-refractivity contribution is -0.385. The van der Waals surface area contributed by atoms with Crippen LogP contribution in [0.1, 0.15) is 15.9 Å². The molecule has 1 heterocycles. The van der Waals surface area contributed by atoms with Crippen LogP contribution in [-0.4, -0.2) is 39.0 Å². The molecule has 0 aliphatic carbocycles. The second-order valence-corrected chi connectivity index (χ2v) is 4.76. The molecule has 2 rings (SSSR count). The van der Waals surface area contributed by atoms with Gasteiger partial charge in [0.25, 0.3) is 5.69 Å². The molecule has 1 fully saturated rings. The quantitative estimate of drug-likeness (QED) is 0.481. The molecule has 0 atom stereocenters. The van der Waals surface area contributed by atoms with Crippen LogP contribution in [0.5, 0.6) is 0 Å². The van der Waals surface area contributed by atoms with Crippen molar-refractivity contribution >= 4 is 40.7 Å². The number of nitro groups is 1. The zero-order chi connectivity index (χ0) is 15.4. The van der Waals surface area contributed by atoms with E-state index in [2.05, 4.69) is 15.5 Å². The minimum absolute atomic E-state index is 0.0126. The van der Waals surface area contributed by atoms with Crippen molar-refractivity contribution in [2.45, 2.75) is 0 Å². The van der Waals surface area contributed by atoms with Gasteiger partial charge in [0.2, 0.25) is 5.91 Å². The lowest BCUT2D eigenvalue weighted by atomic mass is 10.1. The Morgan fingerprint density at radius 3 is 2.86 bits per heavy atom. The van der Waals surface area contributed by atoms with E-state index in [0.717, 1.165) is 24.0 Å². The van der Waals surface area contributed by atoms with Gasteiger partial charge in [0.05, 0.1) is 22.5 Å². The number of carbonyl (C=O) groups is 2. The fraction of sp³-hybridized carbons (Fsp3) is 0.0909. The summed E-state index contributed by atoms with van der Waals surface area (Å²) >= 11 is 1.15. The summed E-state index contributed by atoms with van der Waals surface area (Å²) in [5, 5.41) is 30.0. The molecule has 1 aromatic rings. The van der Waals surface area contributed by atoms with Gasteiger partial charge in [-0.05, 0) is 12.1 Å². The second-order valence-electron chi connectivity index (χ2n) is 3.79. The lowest BCUT2D eigenvalue weighted by Gasteiger charge is -2.00. The summed E-state index contributed by atoms with van der Waals surface area (Å²) in [6, 6.07) is 3.86. The number of nitrogens with one attached hydrogen (secondary N) is 1. The Kier molecular flexibility index (Phi) is 4.28. The number of amides is 1. The van der Waals surface area contributed by atoms with Crippen LogP contribution < -0.4 is 5.32 Å². The SMILES string of the molecule is O=C1CSC(=NN=Cc2cccc(C(=O)O)c2[N+](=O)[O-])N1. The Bertz CT molecular complexity index is 685. The number of thioether (sulfide) groups is 1. The van der Waals surface area contributed by atoms with E-state index in [1.54, 1.807) is 0 Å². The normalized spacial score (nSPS) is 16.4. The summed E-state index contributed by atoms with van der Waals surface area (Å²) in [5.74, 6) is -1.36. The number of nitrogens with zero attached hydrogens (tertiary/aromatic N) is 3. The van der Waals surface area contributed by atoms with Crippen LogP contribution >= 0.6 is 11.8 Å². The fourth-order valence-electron chi connectivity index (χ4n) is 1.56. The van der Waals surface area contributed by atoms with Crippen molar-refractivity contribution in [2.24, 2.45) is 10.2 Å². The van der Waals surface area contributed by atoms with E-state index >= 15 is 0 Å². The van der Waals surface area contributed by atoms with Gasteiger partial charge in [-0.25, -0.2) is 4.79 Å². The second kappa shape index (κ2) is 6.13. The molecular formula is C11H8N4O5S. The van der Waals surface area contributed by atoms with Crippen molar-refractivity contribution < 1.29 is 19.6 Å². The number of aromatic carboxylic acids is 1. The van der Waals surface area contributed by atoms with Gasteiger partial charge in [0, 0.05) is 0 Å². The standard InChI is InChI=1S/C11H8N4O5S/c16-8-5-21-11(13-8)14-12-4-6-2-1-3-7(10(17)18)9(6)15(19)20/h1-4H,5H2,(H,17,18)(H,13,14,16). The maximum atomic E-state index is 11.0. The van der Waals surface area contributed by atoms with Crippen LogP contribution in [-0.2, 0) is 4.79 Å². The Morgan fingerprint density at radius 2 is 2.29 bits per heavy atom. The number of nitro benzene ring substituents is 1. The zero-order valence-corrected chi connectivity index (χ0v) is 11.2. The van der Waals surface area contributed by atoms with Gasteiger partial charge >= 0.3 is 5.97 Å². The maximum absolute atomic E-state index is 11.0. The van der Waals surface area contributed by atoms with E-state index in [1.165, 1.54) is 12.1 Å². The summed E-state index contributed by atoms with van der Waals surface area (Å²) < 4.78 is 0. The first kappa shape index (κ1) is 14.7. The highest BCUT2D eigenvalue weighted by atomic mass is 32.2. The molecule has 0 spiro atoms. The summed E-state index contributed by atoms with van der Waals surface area (Å²) in [7, 11) is 0. The monoisotopic (exact) mass is 308 g/mol. The van der Waals surface area contributed by atoms with Crippen molar-refractivity contribution in [1.82, 2.24) is 5.32 Å². The molecule has 1 amide bonds. The van der Waals surface area contributed by atoms with Crippen molar-refractivity contribution in [3.05, 3.63) is 39.4 Å². The molecule has 108 valence electrons. The minimum Gasteiger partial charge on any atom is -0.477 e. The molecule has 1 aromatic carbocycles. The highest BCUT2D eigenvalue weighted by Crippen LogP contribution is 2.22. The molecular weight excluding hydrogens is 300 g/mol. The largest absolute Gasteiger partial charge is 0.477 e. The molecule has 1 aliphatic rings. The molecule has 0 saturated carbocycles. The number of carboxylic acid groups (broad SMARTS) is 1. The first-order chi connectivity index (χ1) is 9.99. The average Bonchev–Trinajstić information content (AvgIpc) is 2.83. The summed E-state index contributed by atoms with van der Waals surface area (Å²) in [5.41, 5.74) is -0.976. The number of benzene rings is 1. The molecule has 1 saturated heterocycles. The van der Waals surface area contributed by atoms with Crippen LogP contribution in [0.25, 0.3) is 0 Å². The maximum Gasteiger partial charge on any atom is 0.342 e. The highest BCUT2D eigenvalue weighted by molar-refractivity contribution is 8.15.